The van der Waals surface area contributed by atoms with Crippen molar-refractivity contribution in [1.29, 1.82) is 0 Å². The van der Waals surface area contributed by atoms with E-state index in [2.05, 4.69) is 25.1 Å². The van der Waals surface area contributed by atoms with Crippen molar-refractivity contribution in [2.75, 3.05) is 23.1 Å². The average molecular weight is 671 g/mol. The van der Waals surface area contributed by atoms with Crippen molar-refractivity contribution >= 4 is 40.7 Å². The number of amidine groups is 1. The van der Waals surface area contributed by atoms with Crippen LogP contribution in [0.5, 0.6) is 17.5 Å². The van der Waals surface area contributed by atoms with Gasteiger partial charge in [-0.1, -0.05) is 44.7 Å². The largest absolute Gasteiger partial charge is 0.573 e. The Balaban J connectivity index is 1.44. The highest BCUT2D eigenvalue weighted by atomic mass is 32.2. The predicted octanol–water partition coefficient (Wildman–Crippen LogP) is 7.49. The Morgan fingerprint density at radius 1 is 1.13 bits per heavy atom. The van der Waals surface area contributed by atoms with Gasteiger partial charge in [0.15, 0.2) is 5.17 Å². The Bertz CT molecular complexity index is 1730. The minimum atomic E-state index is -4.79. The van der Waals surface area contributed by atoms with Gasteiger partial charge >= 0.3 is 18.4 Å². The van der Waals surface area contributed by atoms with Crippen molar-refractivity contribution in [2.24, 2.45) is 4.99 Å². The number of aryl methyl sites for hydroxylation is 1. The van der Waals surface area contributed by atoms with E-state index in [1.54, 1.807) is 18.2 Å². The molecule has 47 heavy (non-hydrogen) atoms. The third-order valence-corrected chi connectivity index (χ3v) is 7.39. The molecule has 0 aliphatic heterocycles. The summed E-state index contributed by atoms with van der Waals surface area (Å²) in [6.07, 6.45) is -2.77. The summed E-state index contributed by atoms with van der Waals surface area (Å²) in [6, 6.07) is 15.2. The number of carbonyl (C=O) groups is 2. The van der Waals surface area contributed by atoms with Crippen molar-refractivity contribution in [3.63, 3.8) is 0 Å². The number of carbonyl (C=O) groups excluding carboxylic acids is 2. The van der Waals surface area contributed by atoms with Crippen molar-refractivity contribution in [3.05, 3.63) is 83.7 Å². The molecule has 0 atom stereocenters. The number of thioether (sulfide) groups is 1. The number of methoxy groups -OCH3 is 1. The fourth-order valence-corrected chi connectivity index (χ4v) is 5.09. The number of nitrogens with one attached hydrogen (secondary N) is 1. The van der Waals surface area contributed by atoms with Crippen LogP contribution in [0.2, 0.25) is 0 Å². The van der Waals surface area contributed by atoms with Gasteiger partial charge < -0.3 is 19.5 Å². The first-order valence-corrected chi connectivity index (χ1v) is 15.3. The minimum Gasteiger partial charge on any atom is -0.496 e. The predicted molar refractivity (Wildman–Crippen MR) is 174 cm³/mol. The van der Waals surface area contributed by atoms with E-state index in [1.165, 1.54) is 46.9 Å². The van der Waals surface area contributed by atoms with Crippen LogP contribution in [0.3, 0.4) is 0 Å². The summed E-state index contributed by atoms with van der Waals surface area (Å²) >= 11 is 1.27. The van der Waals surface area contributed by atoms with Gasteiger partial charge in [0, 0.05) is 17.3 Å². The zero-order valence-corrected chi connectivity index (χ0v) is 27.1. The second-order valence-corrected chi connectivity index (χ2v) is 11.5. The van der Waals surface area contributed by atoms with Crippen LogP contribution in [-0.2, 0) is 11.4 Å². The second kappa shape index (κ2) is 15.5. The number of benzene rings is 3. The quantitative estimate of drug-likeness (QED) is 0.0991. The summed E-state index contributed by atoms with van der Waals surface area (Å²) in [4.78, 5) is 35.0. The van der Waals surface area contributed by atoms with Crippen LogP contribution in [0.4, 0.5) is 29.3 Å². The van der Waals surface area contributed by atoms with Crippen molar-refractivity contribution < 1.29 is 37.0 Å². The molecule has 0 spiro atoms. The number of rotatable bonds is 11. The number of hydrogen-bond donors (Lipinski definition) is 1. The normalized spacial score (nSPS) is 11.7. The van der Waals surface area contributed by atoms with Crippen LogP contribution in [0.15, 0.2) is 72.0 Å². The van der Waals surface area contributed by atoms with Crippen LogP contribution in [0.1, 0.15) is 43.4 Å². The molecule has 4 rings (SSSR count). The molecular formula is C32H33F3N6O5S. The van der Waals surface area contributed by atoms with Crippen LogP contribution < -0.4 is 24.4 Å². The van der Waals surface area contributed by atoms with Gasteiger partial charge in [-0.2, -0.15) is 9.98 Å². The lowest BCUT2D eigenvalue weighted by Gasteiger charge is -2.23. The molecule has 11 nitrogen and oxygen atoms in total. The van der Waals surface area contributed by atoms with E-state index in [9.17, 15) is 22.8 Å². The molecule has 0 bridgehead atoms. The Hall–Kier alpha value is -5.05. The van der Waals surface area contributed by atoms with Gasteiger partial charge in [-0.3, -0.25) is 9.69 Å². The molecular weight excluding hydrogens is 637 g/mol. The molecule has 1 heterocycles. The van der Waals surface area contributed by atoms with E-state index in [4.69, 9.17) is 9.47 Å². The summed E-state index contributed by atoms with van der Waals surface area (Å²) < 4.78 is 53.7. The maximum atomic E-state index is 13.0. The average Bonchev–Trinajstić information content (AvgIpc) is 3.49. The summed E-state index contributed by atoms with van der Waals surface area (Å²) in [5.74, 6) is 0.768. The smallest absolute Gasteiger partial charge is 0.496 e. The van der Waals surface area contributed by atoms with Crippen molar-refractivity contribution in [2.45, 2.75) is 46.6 Å². The molecule has 0 fully saturated rings. The molecule has 0 saturated carbocycles. The third kappa shape index (κ3) is 9.48. The number of halogens is 3. The van der Waals surface area contributed by atoms with Crippen molar-refractivity contribution in [3.8, 4) is 23.2 Å². The number of amides is 3. The van der Waals surface area contributed by atoms with E-state index in [0.29, 0.717) is 40.5 Å². The summed E-state index contributed by atoms with van der Waals surface area (Å²) in [6.45, 7) is 7.91. The lowest BCUT2D eigenvalue weighted by Crippen LogP contribution is -2.30. The molecule has 3 amide bonds. The molecule has 248 valence electrons. The van der Waals surface area contributed by atoms with Gasteiger partial charge in [0.1, 0.15) is 24.4 Å². The molecule has 0 unspecified atom stereocenters. The number of aromatic nitrogens is 3. The summed E-state index contributed by atoms with van der Waals surface area (Å²) in [7, 11) is 1.47. The molecule has 0 aliphatic rings. The molecule has 0 radical (unpaired) electrons. The van der Waals surface area contributed by atoms with E-state index in [1.807, 2.05) is 45.9 Å². The highest BCUT2D eigenvalue weighted by Crippen LogP contribution is 2.31. The lowest BCUT2D eigenvalue weighted by atomic mass is 9.99. The molecule has 15 heteroatoms. The molecule has 1 N–H and O–H groups in total. The van der Waals surface area contributed by atoms with Gasteiger partial charge in [0.25, 0.3) is 0 Å². The van der Waals surface area contributed by atoms with E-state index >= 15 is 0 Å². The van der Waals surface area contributed by atoms with E-state index in [0.717, 1.165) is 23.3 Å². The number of aliphatic imine (C=N–C) groups is 1. The highest BCUT2D eigenvalue weighted by molar-refractivity contribution is 8.14. The summed E-state index contributed by atoms with van der Waals surface area (Å²) in [5, 5.41) is 7.15. The SMILES string of the molecule is CCS/C(=N\C(=O)Nc1ccc(COc2ncn(-c3ccc(OC(F)(F)F)cc3)n2)c(OC)c1)N(C=O)c1cc(C)ccc1C(C)C. The number of urea groups is 1. The monoisotopic (exact) mass is 670 g/mol. The van der Waals surface area contributed by atoms with Crippen LogP contribution in [-0.4, -0.2) is 51.6 Å². The van der Waals surface area contributed by atoms with Gasteiger partial charge in [-0.25, -0.2) is 9.48 Å². The first-order chi connectivity index (χ1) is 22.4. The topological polar surface area (TPSA) is 120 Å². The summed E-state index contributed by atoms with van der Waals surface area (Å²) in [5.41, 5.74) is 4.05. The molecule has 0 aliphatic carbocycles. The Kier molecular flexibility index (Phi) is 11.5. The number of hydrogen-bond acceptors (Lipinski definition) is 8. The molecule has 3 aromatic carbocycles. The highest BCUT2D eigenvalue weighted by Gasteiger charge is 2.31. The zero-order chi connectivity index (χ0) is 34.1. The first-order valence-electron chi connectivity index (χ1n) is 14.4. The Labute approximate surface area is 273 Å². The second-order valence-electron chi connectivity index (χ2n) is 10.3. The Morgan fingerprint density at radius 3 is 2.51 bits per heavy atom. The fourth-order valence-electron chi connectivity index (χ4n) is 4.40. The lowest BCUT2D eigenvalue weighted by molar-refractivity contribution is -0.274. The van der Waals surface area contributed by atoms with Gasteiger partial charge in [0.05, 0.1) is 18.5 Å². The maximum absolute atomic E-state index is 13.0. The number of alkyl halides is 3. The zero-order valence-electron chi connectivity index (χ0n) is 26.2. The third-order valence-electron chi connectivity index (χ3n) is 6.55. The Morgan fingerprint density at radius 2 is 1.87 bits per heavy atom. The maximum Gasteiger partial charge on any atom is 0.573 e. The van der Waals surface area contributed by atoms with Crippen LogP contribution in [0.25, 0.3) is 5.69 Å². The molecule has 1 aromatic heterocycles. The van der Waals surface area contributed by atoms with Crippen molar-refractivity contribution in [1.82, 2.24) is 14.8 Å². The van der Waals surface area contributed by atoms with Gasteiger partial charge in [-0.05, 0) is 72.2 Å². The first kappa shape index (κ1) is 34.8. The fraction of sp³-hybridized carbons (Fsp3) is 0.281. The number of anilines is 2. The van der Waals surface area contributed by atoms with Gasteiger partial charge in [-0.15, -0.1) is 18.3 Å². The minimum absolute atomic E-state index is 0.0121. The molecule has 4 aromatic rings. The van der Waals surface area contributed by atoms with E-state index in [-0.39, 0.29) is 29.5 Å². The van der Waals surface area contributed by atoms with E-state index < -0.39 is 12.4 Å². The van der Waals surface area contributed by atoms with Crippen LogP contribution in [0, 0.1) is 6.92 Å². The van der Waals surface area contributed by atoms with Crippen LogP contribution >= 0.6 is 11.8 Å². The standard InChI is InChI=1S/C32H33F3N6O5S/c1-6-47-31(40(19-42)27-15-21(4)7-14-26(27)20(2)3)38-29(43)37-23-9-8-22(28(16-23)44-5)17-45-30-36-18-41(39-30)24-10-12-25(13-11-24)46-32(33,34)35/h7-16,18-20H,6,17H2,1-5H3,(H,37,43)/b38-31-. The number of ether oxygens (including phenoxy) is 3. The van der Waals surface area contributed by atoms with Gasteiger partial charge in [0.2, 0.25) is 6.41 Å². The number of nitrogens with zero attached hydrogens (tertiary/aromatic N) is 5. The molecule has 0 saturated heterocycles.